The van der Waals surface area contributed by atoms with E-state index >= 15 is 0 Å². The molecule has 4 heteroatoms. The largest absolute Gasteiger partial charge is 0.382 e. The summed E-state index contributed by atoms with van der Waals surface area (Å²) in [4.78, 5) is 0. The Morgan fingerprint density at radius 2 is 1.06 bits per heavy atom. The van der Waals surface area contributed by atoms with E-state index in [9.17, 15) is 8.42 Å². The third-order valence-corrected chi connectivity index (χ3v) is 7.44. The molecular formula is C28H44O3S. The molecule has 2 aromatic rings. The first-order valence-corrected chi connectivity index (χ1v) is 14.6. The van der Waals surface area contributed by atoms with Gasteiger partial charge >= 0.3 is 10.1 Å². The average molecular weight is 461 g/mol. The Morgan fingerprint density at radius 1 is 0.594 bits per heavy atom. The predicted octanol–water partition coefficient (Wildman–Crippen LogP) is 8.81. The second-order valence-corrected chi connectivity index (χ2v) is 10.8. The molecule has 0 amide bonds. The van der Waals surface area contributed by atoms with Gasteiger partial charge in [-0.25, -0.2) is 0 Å². The van der Waals surface area contributed by atoms with Crippen LogP contribution < -0.4 is 4.18 Å². The molecule has 2 aromatic carbocycles. The molecule has 0 aliphatic rings. The van der Waals surface area contributed by atoms with Gasteiger partial charge in [0.05, 0.1) is 5.75 Å². The van der Waals surface area contributed by atoms with E-state index in [0.29, 0.717) is 12.2 Å². The normalized spacial score (nSPS) is 11.8. The predicted molar refractivity (Wildman–Crippen MR) is 138 cm³/mol. The summed E-state index contributed by atoms with van der Waals surface area (Å²) in [5, 5.41) is 1.83. The highest BCUT2D eigenvalue weighted by molar-refractivity contribution is 7.87. The number of benzene rings is 2. The molecular weight excluding hydrogens is 416 g/mol. The molecule has 0 aliphatic carbocycles. The van der Waals surface area contributed by atoms with Crippen LogP contribution in [0.4, 0.5) is 0 Å². The van der Waals surface area contributed by atoms with Gasteiger partial charge in [0.2, 0.25) is 0 Å². The maximum absolute atomic E-state index is 12.4. The van der Waals surface area contributed by atoms with Gasteiger partial charge in [0.25, 0.3) is 0 Å². The minimum Gasteiger partial charge on any atom is -0.382 e. The smallest absolute Gasteiger partial charge is 0.309 e. The molecule has 180 valence electrons. The summed E-state index contributed by atoms with van der Waals surface area (Å²) >= 11 is 0. The summed E-state index contributed by atoms with van der Waals surface area (Å²) in [6.45, 7) is 2.27. The maximum Gasteiger partial charge on any atom is 0.309 e. The van der Waals surface area contributed by atoms with Crippen molar-refractivity contribution < 1.29 is 12.6 Å². The summed E-state index contributed by atoms with van der Waals surface area (Å²) in [5.41, 5.74) is 0. The van der Waals surface area contributed by atoms with Crippen LogP contribution in [0, 0.1) is 0 Å². The van der Waals surface area contributed by atoms with Crippen LogP contribution in [-0.2, 0) is 10.1 Å². The number of fused-ring (bicyclic) bond motifs is 1. The van der Waals surface area contributed by atoms with E-state index in [2.05, 4.69) is 6.92 Å². The van der Waals surface area contributed by atoms with Crippen molar-refractivity contribution in [2.24, 2.45) is 0 Å². The first-order chi connectivity index (χ1) is 15.6. The van der Waals surface area contributed by atoms with Gasteiger partial charge in [-0.3, -0.25) is 0 Å². The highest BCUT2D eigenvalue weighted by Gasteiger charge is 2.14. The van der Waals surface area contributed by atoms with Crippen molar-refractivity contribution in [3.05, 3.63) is 42.5 Å². The molecule has 0 atom stereocenters. The van der Waals surface area contributed by atoms with E-state index < -0.39 is 10.1 Å². The average Bonchev–Trinajstić information content (AvgIpc) is 2.79. The van der Waals surface area contributed by atoms with Gasteiger partial charge in [-0.15, -0.1) is 0 Å². The molecule has 0 heterocycles. The Hall–Kier alpha value is -1.55. The molecule has 0 saturated carbocycles. The number of hydrogen-bond donors (Lipinski definition) is 0. The Balaban J connectivity index is 1.45. The minimum absolute atomic E-state index is 0.0919. The Kier molecular flexibility index (Phi) is 13.5. The molecule has 2 rings (SSSR count). The van der Waals surface area contributed by atoms with Gasteiger partial charge in [-0.2, -0.15) is 8.42 Å². The highest BCUT2D eigenvalue weighted by atomic mass is 32.2. The van der Waals surface area contributed by atoms with Crippen LogP contribution >= 0.6 is 0 Å². The zero-order valence-corrected chi connectivity index (χ0v) is 21.0. The molecule has 0 radical (unpaired) electrons. The van der Waals surface area contributed by atoms with Crippen molar-refractivity contribution >= 4 is 20.9 Å². The molecule has 32 heavy (non-hydrogen) atoms. The first-order valence-electron chi connectivity index (χ1n) is 13.0. The zero-order valence-electron chi connectivity index (χ0n) is 20.2. The summed E-state index contributed by atoms with van der Waals surface area (Å²) in [5.74, 6) is 0.522. The number of hydrogen-bond acceptors (Lipinski definition) is 3. The zero-order chi connectivity index (χ0) is 22.9. The molecule has 0 unspecified atom stereocenters. The number of unbranched alkanes of at least 4 members (excludes halogenated alkanes) is 15. The van der Waals surface area contributed by atoms with E-state index in [-0.39, 0.29) is 5.75 Å². The van der Waals surface area contributed by atoms with Crippen LogP contribution in [0.5, 0.6) is 5.75 Å². The van der Waals surface area contributed by atoms with Gasteiger partial charge in [0.15, 0.2) is 0 Å². The topological polar surface area (TPSA) is 43.4 Å². The van der Waals surface area contributed by atoms with E-state index in [1.165, 1.54) is 83.5 Å². The minimum atomic E-state index is -3.55. The van der Waals surface area contributed by atoms with E-state index in [4.69, 9.17) is 4.18 Å². The summed E-state index contributed by atoms with van der Waals surface area (Å²) in [6.07, 6.45) is 20.5. The van der Waals surface area contributed by atoms with E-state index in [0.717, 1.165) is 23.6 Å². The van der Waals surface area contributed by atoms with Crippen LogP contribution in [0.15, 0.2) is 42.5 Å². The van der Waals surface area contributed by atoms with Gasteiger partial charge in [0.1, 0.15) is 5.75 Å². The fourth-order valence-corrected chi connectivity index (χ4v) is 5.33. The fraction of sp³-hybridized carbons (Fsp3) is 0.643. The molecule has 0 spiro atoms. The molecule has 3 nitrogen and oxygen atoms in total. The van der Waals surface area contributed by atoms with Crippen LogP contribution in [-0.4, -0.2) is 14.2 Å². The van der Waals surface area contributed by atoms with Crippen molar-refractivity contribution in [2.75, 3.05) is 5.75 Å². The summed E-state index contributed by atoms with van der Waals surface area (Å²) in [6, 6.07) is 13.2. The van der Waals surface area contributed by atoms with Gasteiger partial charge in [-0.1, -0.05) is 140 Å². The van der Waals surface area contributed by atoms with Gasteiger partial charge in [-0.05, 0) is 17.9 Å². The lowest BCUT2D eigenvalue weighted by Gasteiger charge is -2.09. The first kappa shape index (κ1) is 26.7. The van der Waals surface area contributed by atoms with Crippen molar-refractivity contribution in [1.29, 1.82) is 0 Å². The highest BCUT2D eigenvalue weighted by Crippen LogP contribution is 2.26. The third-order valence-electron chi connectivity index (χ3n) is 6.21. The quantitative estimate of drug-likeness (QED) is 0.155. The molecule has 0 fully saturated rings. The Labute approximate surface area is 197 Å². The monoisotopic (exact) mass is 460 g/mol. The van der Waals surface area contributed by atoms with Gasteiger partial charge in [0, 0.05) is 5.39 Å². The van der Waals surface area contributed by atoms with Crippen LogP contribution in [0.2, 0.25) is 0 Å². The molecule has 0 bridgehead atoms. The van der Waals surface area contributed by atoms with Crippen LogP contribution in [0.1, 0.15) is 110 Å². The summed E-state index contributed by atoms with van der Waals surface area (Å²) < 4.78 is 30.2. The van der Waals surface area contributed by atoms with Crippen molar-refractivity contribution in [3.8, 4) is 5.75 Å². The van der Waals surface area contributed by atoms with Gasteiger partial charge < -0.3 is 4.18 Å². The lowest BCUT2D eigenvalue weighted by Crippen LogP contribution is -2.14. The van der Waals surface area contributed by atoms with Crippen LogP contribution in [0.3, 0.4) is 0 Å². The number of rotatable bonds is 19. The molecule has 0 aromatic heterocycles. The van der Waals surface area contributed by atoms with Crippen LogP contribution in [0.25, 0.3) is 10.8 Å². The standard InChI is InChI=1S/C28H44O3S/c1-2-3-4-5-6-7-8-9-10-11-12-13-14-15-16-19-25-32(29,30)31-28-24-20-22-26-21-17-18-23-27(26)28/h17-18,20-24H,2-16,19,25H2,1H3. The lowest BCUT2D eigenvalue weighted by molar-refractivity contribution is 0.483. The molecule has 0 saturated heterocycles. The Bertz CT molecular complexity index is 839. The second kappa shape index (κ2) is 16.1. The van der Waals surface area contributed by atoms with E-state index in [1.54, 1.807) is 6.07 Å². The van der Waals surface area contributed by atoms with Crippen molar-refractivity contribution in [1.82, 2.24) is 0 Å². The SMILES string of the molecule is CCCCCCCCCCCCCCCCCCS(=O)(=O)Oc1cccc2ccccc12. The molecule has 0 N–H and O–H groups in total. The van der Waals surface area contributed by atoms with E-state index in [1.807, 2.05) is 36.4 Å². The fourth-order valence-electron chi connectivity index (χ4n) is 4.27. The lowest BCUT2D eigenvalue weighted by atomic mass is 10.0. The summed E-state index contributed by atoms with van der Waals surface area (Å²) in [7, 11) is -3.55. The van der Waals surface area contributed by atoms with Crippen molar-refractivity contribution in [3.63, 3.8) is 0 Å². The second-order valence-electron chi connectivity index (χ2n) is 9.13. The Morgan fingerprint density at radius 3 is 1.62 bits per heavy atom. The molecule has 0 aliphatic heterocycles. The van der Waals surface area contributed by atoms with Crippen molar-refractivity contribution in [2.45, 2.75) is 110 Å². The third kappa shape index (κ3) is 11.4. The maximum atomic E-state index is 12.4.